The van der Waals surface area contributed by atoms with Crippen molar-refractivity contribution in [3.05, 3.63) is 0 Å². The minimum atomic E-state index is -0.177. The molecule has 86 valence electrons. The Morgan fingerprint density at radius 3 is 2.60 bits per heavy atom. The smallest absolute Gasteiger partial charge is 0.318 e. The van der Waals surface area contributed by atoms with E-state index in [0.29, 0.717) is 12.6 Å². The third-order valence-electron chi connectivity index (χ3n) is 2.57. The number of nitrogens with zero attached hydrogens (tertiary/aromatic N) is 2. The Balaban J connectivity index is 2.38. The highest BCUT2D eigenvalue weighted by Crippen LogP contribution is 2.08. The normalized spacial score (nSPS) is 18.9. The highest BCUT2D eigenvalue weighted by Gasteiger charge is 2.32. The molecule has 0 aromatic heterocycles. The molecule has 0 radical (unpaired) electrons. The first-order valence-electron chi connectivity index (χ1n) is 5.35. The van der Waals surface area contributed by atoms with Crippen molar-refractivity contribution in [3.63, 3.8) is 0 Å². The second-order valence-corrected chi connectivity index (χ2v) is 3.93. The third kappa shape index (κ3) is 2.92. The fraction of sp³-hybridized carbons (Fsp3) is 0.800. The summed E-state index contributed by atoms with van der Waals surface area (Å²) >= 11 is 0. The molecule has 1 saturated heterocycles. The number of hydrogen-bond acceptors (Lipinski definition) is 3. The fourth-order valence-corrected chi connectivity index (χ4v) is 1.66. The predicted octanol–water partition coefficient (Wildman–Crippen LogP) is 0.269. The van der Waals surface area contributed by atoms with Crippen LogP contribution in [0.3, 0.4) is 0 Å². The molecule has 0 spiro atoms. The van der Waals surface area contributed by atoms with E-state index in [9.17, 15) is 9.59 Å². The summed E-state index contributed by atoms with van der Waals surface area (Å²) in [6.45, 7) is 5.72. The Hall–Kier alpha value is -1.10. The molecule has 0 bridgehead atoms. The van der Waals surface area contributed by atoms with Crippen molar-refractivity contribution >= 4 is 11.9 Å². The number of carbonyl (C=O) groups is 2. The monoisotopic (exact) mass is 213 g/mol. The maximum Gasteiger partial charge on any atom is 0.326 e. The Kier molecular flexibility index (Phi) is 4.08. The summed E-state index contributed by atoms with van der Waals surface area (Å²) < 4.78 is 0. The first kappa shape index (κ1) is 12.0. The predicted molar refractivity (Wildman–Crippen MR) is 57.5 cm³/mol. The van der Waals surface area contributed by atoms with Gasteiger partial charge >= 0.3 is 6.03 Å². The number of urea groups is 1. The zero-order valence-corrected chi connectivity index (χ0v) is 9.62. The summed E-state index contributed by atoms with van der Waals surface area (Å²) in [5.74, 6) is -0.0915. The van der Waals surface area contributed by atoms with Gasteiger partial charge in [-0.05, 0) is 19.9 Å². The quantitative estimate of drug-likeness (QED) is 0.667. The van der Waals surface area contributed by atoms with E-state index in [4.69, 9.17) is 0 Å². The fourth-order valence-electron chi connectivity index (χ4n) is 1.66. The molecule has 1 N–H and O–H groups in total. The van der Waals surface area contributed by atoms with Gasteiger partial charge in [-0.1, -0.05) is 6.92 Å². The molecule has 5 heteroatoms. The van der Waals surface area contributed by atoms with E-state index < -0.39 is 0 Å². The second kappa shape index (κ2) is 5.11. The number of amides is 3. The van der Waals surface area contributed by atoms with Gasteiger partial charge in [-0.2, -0.15) is 0 Å². The van der Waals surface area contributed by atoms with Crippen molar-refractivity contribution < 1.29 is 9.59 Å². The molecule has 15 heavy (non-hydrogen) atoms. The van der Waals surface area contributed by atoms with Crippen LogP contribution in [-0.4, -0.2) is 54.5 Å². The summed E-state index contributed by atoms with van der Waals surface area (Å²) in [5.41, 5.74) is 0. The van der Waals surface area contributed by atoms with E-state index in [-0.39, 0.29) is 18.5 Å². The number of hydrogen-bond donors (Lipinski definition) is 1. The third-order valence-corrected chi connectivity index (χ3v) is 2.57. The van der Waals surface area contributed by atoms with Gasteiger partial charge < -0.3 is 10.2 Å². The van der Waals surface area contributed by atoms with Crippen LogP contribution in [0.4, 0.5) is 4.79 Å². The van der Waals surface area contributed by atoms with Gasteiger partial charge in [-0.15, -0.1) is 0 Å². The van der Waals surface area contributed by atoms with Crippen LogP contribution in [0.1, 0.15) is 20.3 Å². The van der Waals surface area contributed by atoms with Crippen molar-refractivity contribution in [2.45, 2.75) is 26.3 Å². The van der Waals surface area contributed by atoms with Gasteiger partial charge in [-0.25, -0.2) is 4.79 Å². The summed E-state index contributed by atoms with van der Waals surface area (Å²) in [5, 5.41) is 3.25. The van der Waals surface area contributed by atoms with E-state index in [1.165, 1.54) is 9.80 Å². The van der Waals surface area contributed by atoms with Crippen LogP contribution in [0.15, 0.2) is 0 Å². The molecule has 1 rings (SSSR count). The SMILES string of the molecule is CCNC(C)CCN1C(=O)CN(C)C1=O. The molecular weight excluding hydrogens is 194 g/mol. The van der Waals surface area contributed by atoms with Crippen LogP contribution in [-0.2, 0) is 4.79 Å². The number of imide groups is 1. The summed E-state index contributed by atoms with van der Waals surface area (Å²) in [6, 6.07) is 0.158. The second-order valence-electron chi connectivity index (χ2n) is 3.93. The van der Waals surface area contributed by atoms with E-state index in [2.05, 4.69) is 12.2 Å². The number of likely N-dealkylation sites (N-methyl/N-ethyl adjacent to an activating group) is 1. The lowest BCUT2D eigenvalue weighted by Gasteiger charge is -2.17. The largest absolute Gasteiger partial charge is 0.326 e. The lowest BCUT2D eigenvalue weighted by atomic mass is 10.2. The molecule has 5 nitrogen and oxygen atoms in total. The molecule has 3 amide bonds. The molecule has 0 aromatic carbocycles. The van der Waals surface area contributed by atoms with E-state index in [1.54, 1.807) is 7.05 Å². The topological polar surface area (TPSA) is 52.7 Å². The van der Waals surface area contributed by atoms with Gasteiger partial charge in [0.25, 0.3) is 0 Å². The average molecular weight is 213 g/mol. The van der Waals surface area contributed by atoms with E-state index >= 15 is 0 Å². The molecule has 0 saturated carbocycles. The van der Waals surface area contributed by atoms with Crippen LogP contribution in [0.25, 0.3) is 0 Å². The van der Waals surface area contributed by atoms with Crippen LogP contribution in [0.2, 0.25) is 0 Å². The van der Waals surface area contributed by atoms with Gasteiger partial charge in [0.1, 0.15) is 6.54 Å². The van der Waals surface area contributed by atoms with Gasteiger partial charge in [0, 0.05) is 19.6 Å². The number of nitrogens with one attached hydrogen (secondary N) is 1. The van der Waals surface area contributed by atoms with Gasteiger partial charge in [0.2, 0.25) is 5.91 Å². The Bertz CT molecular complexity index is 255. The standard InChI is InChI=1S/C10H19N3O2/c1-4-11-8(2)5-6-13-9(14)7-12(3)10(13)15/h8,11H,4-7H2,1-3H3. The molecule has 1 fully saturated rings. The molecule has 1 atom stereocenters. The summed E-state index contributed by atoms with van der Waals surface area (Å²) in [7, 11) is 1.65. The lowest BCUT2D eigenvalue weighted by Crippen LogP contribution is -2.36. The average Bonchev–Trinajstić information content (AvgIpc) is 2.40. The van der Waals surface area contributed by atoms with Crippen LogP contribution in [0, 0.1) is 0 Å². The lowest BCUT2D eigenvalue weighted by molar-refractivity contribution is -0.125. The van der Waals surface area contributed by atoms with Crippen LogP contribution >= 0.6 is 0 Å². The van der Waals surface area contributed by atoms with Gasteiger partial charge in [0.05, 0.1) is 0 Å². The highest BCUT2D eigenvalue weighted by atomic mass is 16.2. The minimum Gasteiger partial charge on any atom is -0.318 e. The minimum absolute atomic E-state index is 0.0915. The van der Waals surface area contributed by atoms with Crippen molar-refractivity contribution in [2.24, 2.45) is 0 Å². The Morgan fingerprint density at radius 2 is 2.13 bits per heavy atom. The van der Waals surface area contributed by atoms with Crippen molar-refractivity contribution in [2.75, 3.05) is 26.7 Å². The van der Waals surface area contributed by atoms with Crippen molar-refractivity contribution in [1.82, 2.24) is 15.1 Å². The van der Waals surface area contributed by atoms with Gasteiger partial charge in [0.15, 0.2) is 0 Å². The molecule has 1 aliphatic heterocycles. The highest BCUT2D eigenvalue weighted by molar-refractivity contribution is 6.01. The van der Waals surface area contributed by atoms with Gasteiger partial charge in [-0.3, -0.25) is 9.69 Å². The molecule has 0 aliphatic carbocycles. The molecular formula is C10H19N3O2. The zero-order valence-electron chi connectivity index (χ0n) is 9.62. The Labute approximate surface area is 90.4 Å². The maximum atomic E-state index is 11.5. The summed E-state index contributed by atoms with van der Waals surface area (Å²) in [4.78, 5) is 25.7. The first-order valence-corrected chi connectivity index (χ1v) is 5.35. The van der Waals surface area contributed by atoms with E-state index in [1.807, 2.05) is 6.92 Å². The van der Waals surface area contributed by atoms with Crippen LogP contribution in [0.5, 0.6) is 0 Å². The maximum absolute atomic E-state index is 11.5. The van der Waals surface area contributed by atoms with Crippen molar-refractivity contribution in [3.8, 4) is 0 Å². The van der Waals surface area contributed by atoms with E-state index in [0.717, 1.165) is 13.0 Å². The number of rotatable bonds is 5. The summed E-state index contributed by atoms with van der Waals surface area (Å²) in [6.07, 6.45) is 0.805. The van der Waals surface area contributed by atoms with Crippen molar-refractivity contribution in [1.29, 1.82) is 0 Å². The molecule has 0 aromatic rings. The zero-order chi connectivity index (χ0) is 11.4. The first-order chi connectivity index (χ1) is 7.06. The molecule has 1 aliphatic rings. The van der Waals surface area contributed by atoms with Crippen LogP contribution < -0.4 is 5.32 Å². The number of carbonyl (C=O) groups excluding carboxylic acids is 2. The molecule has 1 unspecified atom stereocenters. The molecule has 1 heterocycles. The Morgan fingerprint density at radius 1 is 1.47 bits per heavy atom.